The molecular weight excluding hydrogens is 426 g/mol. The van der Waals surface area contributed by atoms with Crippen LogP contribution in [0.15, 0.2) is 29.2 Å². The lowest BCUT2D eigenvalue weighted by molar-refractivity contribution is 0.507. The van der Waals surface area contributed by atoms with Crippen LogP contribution in [0.2, 0.25) is 0 Å². The Morgan fingerprint density at radius 1 is 1.26 bits per heavy atom. The fourth-order valence-corrected chi connectivity index (χ4v) is 5.37. The second-order valence-electron chi connectivity index (χ2n) is 8.18. The molecule has 0 aliphatic heterocycles. The molecule has 10 heteroatoms. The molecule has 2 aromatic rings. The van der Waals surface area contributed by atoms with Gasteiger partial charge in [0.2, 0.25) is 15.8 Å². The summed E-state index contributed by atoms with van der Waals surface area (Å²) in [7, 11) is -3.87. The third kappa shape index (κ3) is 4.45. The standard InChI is InChI=1S/C21H28F2N4O3S/c1-4-7-21(8-9-21)31(29,30)26-17-12-27(14(3)11-24)20(28)18(23)19(17)25-16-6-5-13(2)10-15(16)22/h5-6,10,12,14,25-26H,4,7-9,11,24H2,1-3H3. The molecule has 1 aromatic carbocycles. The van der Waals surface area contributed by atoms with Crippen LogP contribution in [0.4, 0.5) is 25.8 Å². The van der Waals surface area contributed by atoms with Crippen molar-refractivity contribution in [2.75, 3.05) is 16.6 Å². The average molecular weight is 455 g/mol. The minimum absolute atomic E-state index is 0.0463. The Morgan fingerprint density at radius 2 is 1.94 bits per heavy atom. The molecule has 4 N–H and O–H groups in total. The van der Waals surface area contributed by atoms with Crippen LogP contribution in [0, 0.1) is 18.6 Å². The van der Waals surface area contributed by atoms with E-state index in [2.05, 4.69) is 10.0 Å². The van der Waals surface area contributed by atoms with E-state index in [1.807, 2.05) is 6.92 Å². The van der Waals surface area contributed by atoms with E-state index in [9.17, 15) is 17.6 Å². The molecule has 0 radical (unpaired) electrons. The highest BCUT2D eigenvalue weighted by Gasteiger charge is 2.53. The van der Waals surface area contributed by atoms with Gasteiger partial charge in [-0.1, -0.05) is 19.4 Å². The summed E-state index contributed by atoms with van der Waals surface area (Å²) < 4.78 is 58.3. The number of anilines is 3. The van der Waals surface area contributed by atoms with Crippen molar-refractivity contribution in [3.63, 3.8) is 0 Å². The van der Waals surface area contributed by atoms with E-state index in [0.29, 0.717) is 31.2 Å². The molecule has 1 aliphatic carbocycles. The molecule has 0 amide bonds. The van der Waals surface area contributed by atoms with Gasteiger partial charge in [-0.3, -0.25) is 9.52 Å². The fourth-order valence-electron chi connectivity index (χ4n) is 3.60. The first-order chi connectivity index (χ1) is 14.5. The number of aryl methyl sites for hydroxylation is 1. The number of sulfonamides is 1. The molecule has 0 bridgehead atoms. The van der Waals surface area contributed by atoms with Crippen molar-refractivity contribution < 1.29 is 17.2 Å². The Hall–Kier alpha value is -2.46. The van der Waals surface area contributed by atoms with Crippen molar-refractivity contribution in [2.24, 2.45) is 5.73 Å². The summed E-state index contributed by atoms with van der Waals surface area (Å²) in [6.45, 7) is 5.26. The number of halogens is 2. The summed E-state index contributed by atoms with van der Waals surface area (Å²) >= 11 is 0. The SMILES string of the molecule is CCCC1(S(=O)(=O)Nc2cn(C(C)CN)c(=O)c(F)c2Nc2ccc(C)cc2F)CC1. The fraction of sp³-hybridized carbons (Fsp3) is 0.476. The Kier molecular flexibility index (Phi) is 6.43. The average Bonchev–Trinajstić information content (AvgIpc) is 3.50. The van der Waals surface area contributed by atoms with Gasteiger partial charge in [-0.25, -0.2) is 12.8 Å². The summed E-state index contributed by atoms with van der Waals surface area (Å²) in [5.74, 6) is -1.88. The van der Waals surface area contributed by atoms with Crippen LogP contribution in [0.25, 0.3) is 0 Å². The minimum Gasteiger partial charge on any atom is -0.349 e. The van der Waals surface area contributed by atoms with Crippen LogP contribution >= 0.6 is 0 Å². The van der Waals surface area contributed by atoms with Crippen molar-refractivity contribution in [3.8, 4) is 0 Å². The molecule has 0 spiro atoms. The molecule has 31 heavy (non-hydrogen) atoms. The number of nitrogens with zero attached hydrogens (tertiary/aromatic N) is 1. The lowest BCUT2D eigenvalue weighted by Crippen LogP contribution is -2.33. The van der Waals surface area contributed by atoms with Crippen LogP contribution in [-0.2, 0) is 10.0 Å². The van der Waals surface area contributed by atoms with Gasteiger partial charge in [0.1, 0.15) is 11.5 Å². The van der Waals surface area contributed by atoms with Gasteiger partial charge in [0, 0.05) is 18.8 Å². The smallest absolute Gasteiger partial charge is 0.289 e. The van der Waals surface area contributed by atoms with Crippen LogP contribution in [0.1, 0.15) is 51.1 Å². The quantitative estimate of drug-likeness (QED) is 0.535. The number of pyridine rings is 1. The molecular formula is C21H28F2N4O3S. The van der Waals surface area contributed by atoms with Crippen LogP contribution in [0.5, 0.6) is 0 Å². The maximum atomic E-state index is 15.2. The lowest BCUT2D eigenvalue weighted by atomic mass is 10.2. The second-order valence-corrected chi connectivity index (χ2v) is 10.3. The zero-order chi connectivity index (χ0) is 23.0. The first-order valence-corrected chi connectivity index (χ1v) is 11.7. The van der Waals surface area contributed by atoms with Gasteiger partial charge in [-0.15, -0.1) is 0 Å². The van der Waals surface area contributed by atoms with Crippen molar-refractivity contribution >= 4 is 27.1 Å². The Labute approximate surface area is 180 Å². The molecule has 1 atom stereocenters. The zero-order valence-electron chi connectivity index (χ0n) is 17.8. The molecule has 1 unspecified atom stereocenters. The van der Waals surface area contributed by atoms with Gasteiger partial charge < -0.3 is 15.6 Å². The predicted octanol–water partition coefficient (Wildman–Crippen LogP) is 3.77. The summed E-state index contributed by atoms with van der Waals surface area (Å²) in [6.07, 6.45) is 3.38. The van der Waals surface area contributed by atoms with Gasteiger partial charge in [0.05, 0.1) is 16.1 Å². The Bertz CT molecular complexity index is 1140. The van der Waals surface area contributed by atoms with E-state index in [-0.39, 0.29) is 17.9 Å². The maximum absolute atomic E-state index is 15.2. The topological polar surface area (TPSA) is 106 Å². The van der Waals surface area contributed by atoms with E-state index in [1.165, 1.54) is 18.3 Å². The number of rotatable bonds is 9. The van der Waals surface area contributed by atoms with Gasteiger partial charge in [0.15, 0.2) is 0 Å². The van der Waals surface area contributed by atoms with Crippen molar-refractivity contribution in [1.82, 2.24) is 4.57 Å². The first kappa shape index (κ1) is 23.2. The van der Waals surface area contributed by atoms with Crippen molar-refractivity contribution in [3.05, 3.63) is 51.9 Å². The summed E-state index contributed by atoms with van der Waals surface area (Å²) in [6, 6.07) is 3.70. The molecule has 170 valence electrons. The third-order valence-corrected chi connectivity index (χ3v) is 7.95. The van der Waals surface area contributed by atoms with E-state index in [1.54, 1.807) is 19.9 Å². The molecule has 1 fully saturated rings. The molecule has 1 aromatic heterocycles. The van der Waals surface area contributed by atoms with E-state index in [4.69, 9.17) is 5.73 Å². The normalized spacial score (nSPS) is 16.1. The minimum atomic E-state index is -3.87. The molecule has 0 saturated heterocycles. The molecule has 1 aliphatic rings. The summed E-state index contributed by atoms with van der Waals surface area (Å²) in [5, 5.41) is 2.57. The molecule has 3 rings (SSSR count). The van der Waals surface area contributed by atoms with E-state index in [0.717, 1.165) is 4.57 Å². The zero-order valence-corrected chi connectivity index (χ0v) is 18.7. The van der Waals surface area contributed by atoms with Gasteiger partial charge in [0.25, 0.3) is 5.56 Å². The summed E-state index contributed by atoms with van der Waals surface area (Å²) in [5.41, 5.74) is 4.63. The van der Waals surface area contributed by atoms with Crippen molar-refractivity contribution in [1.29, 1.82) is 0 Å². The second kappa shape index (κ2) is 8.58. The monoisotopic (exact) mass is 454 g/mol. The third-order valence-electron chi connectivity index (χ3n) is 5.71. The molecule has 1 saturated carbocycles. The number of hydrogen-bond donors (Lipinski definition) is 3. The Morgan fingerprint density at radius 3 is 2.48 bits per heavy atom. The maximum Gasteiger partial charge on any atom is 0.289 e. The highest BCUT2D eigenvalue weighted by atomic mass is 32.2. The van der Waals surface area contributed by atoms with Gasteiger partial charge >= 0.3 is 0 Å². The number of aromatic nitrogens is 1. The number of benzene rings is 1. The summed E-state index contributed by atoms with van der Waals surface area (Å²) in [4.78, 5) is 12.6. The Balaban J connectivity index is 2.12. The highest BCUT2D eigenvalue weighted by molar-refractivity contribution is 7.94. The van der Waals surface area contributed by atoms with Gasteiger partial charge in [-0.05, 0) is 50.8 Å². The van der Waals surface area contributed by atoms with Crippen LogP contribution in [-0.4, -0.2) is 24.3 Å². The number of nitrogens with one attached hydrogen (secondary N) is 2. The van der Waals surface area contributed by atoms with Crippen LogP contribution < -0.4 is 21.3 Å². The number of hydrogen-bond acceptors (Lipinski definition) is 5. The van der Waals surface area contributed by atoms with E-state index >= 15 is 4.39 Å². The van der Waals surface area contributed by atoms with Gasteiger partial charge in [-0.2, -0.15) is 4.39 Å². The van der Waals surface area contributed by atoms with E-state index < -0.39 is 43.7 Å². The molecule has 7 nitrogen and oxygen atoms in total. The van der Waals surface area contributed by atoms with Crippen LogP contribution in [0.3, 0.4) is 0 Å². The van der Waals surface area contributed by atoms with Crippen molar-refractivity contribution in [2.45, 2.75) is 57.2 Å². The number of nitrogens with two attached hydrogens (primary N) is 1. The lowest BCUT2D eigenvalue weighted by Gasteiger charge is -2.22. The first-order valence-electron chi connectivity index (χ1n) is 10.3. The predicted molar refractivity (Wildman–Crippen MR) is 118 cm³/mol. The highest BCUT2D eigenvalue weighted by Crippen LogP contribution is 2.48. The largest absolute Gasteiger partial charge is 0.349 e. The molecule has 1 heterocycles.